The summed E-state index contributed by atoms with van der Waals surface area (Å²) in [5.41, 5.74) is 5.73. The minimum Gasteiger partial charge on any atom is -0.306 e. The van der Waals surface area contributed by atoms with Crippen molar-refractivity contribution in [1.82, 2.24) is 19.6 Å². The van der Waals surface area contributed by atoms with Crippen LogP contribution < -0.4 is 5.56 Å². The lowest BCUT2D eigenvalue weighted by Crippen LogP contribution is -2.11. The third-order valence-corrected chi connectivity index (χ3v) is 4.72. The number of aryl methyl sites for hydroxylation is 1. The van der Waals surface area contributed by atoms with Crippen molar-refractivity contribution in [3.8, 4) is 22.4 Å². The van der Waals surface area contributed by atoms with Gasteiger partial charge in [0.05, 0.1) is 5.69 Å². The Morgan fingerprint density at radius 1 is 0.926 bits per heavy atom. The van der Waals surface area contributed by atoms with Gasteiger partial charge in [-0.2, -0.15) is 9.61 Å². The topological polar surface area (TPSA) is 63.0 Å². The standard InChI is InChI=1S/C22H16N4O/c1-14-7-9-16(10-8-14)19-12-20-23-13-17-11-18(15-5-3-2-4-6-15)22(27)24-21(17)26(20)25-19/h2-13H,1H3,(H,24,27). The molecule has 1 N–H and O–H groups in total. The maximum Gasteiger partial charge on any atom is 0.257 e. The van der Waals surface area contributed by atoms with Crippen LogP contribution in [0.15, 0.2) is 77.7 Å². The first kappa shape index (κ1) is 15.5. The molecule has 0 spiro atoms. The first-order chi connectivity index (χ1) is 13.2. The Bertz CT molecular complexity index is 1330. The molecule has 0 aliphatic rings. The highest BCUT2D eigenvalue weighted by atomic mass is 16.1. The summed E-state index contributed by atoms with van der Waals surface area (Å²) in [5, 5.41) is 5.50. The summed E-state index contributed by atoms with van der Waals surface area (Å²) >= 11 is 0. The number of H-pyrrole nitrogens is 1. The first-order valence-corrected chi connectivity index (χ1v) is 8.73. The molecule has 0 amide bonds. The predicted molar refractivity (Wildman–Crippen MR) is 107 cm³/mol. The SMILES string of the molecule is Cc1ccc(-c2cc3ncc4cc(-c5ccccc5)c(=O)[nH]c4n3n2)cc1. The Morgan fingerprint density at radius 2 is 1.70 bits per heavy atom. The van der Waals surface area contributed by atoms with E-state index in [1.54, 1.807) is 10.7 Å². The molecule has 5 aromatic rings. The molecule has 0 fully saturated rings. The van der Waals surface area contributed by atoms with E-state index in [0.29, 0.717) is 16.9 Å². The number of hydrogen-bond acceptors (Lipinski definition) is 3. The summed E-state index contributed by atoms with van der Waals surface area (Å²) in [6, 6.07) is 21.6. The van der Waals surface area contributed by atoms with Crippen molar-refractivity contribution < 1.29 is 0 Å². The van der Waals surface area contributed by atoms with Gasteiger partial charge in [-0.1, -0.05) is 60.2 Å². The number of aromatic amines is 1. The monoisotopic (exact) mass is 352 g/mol. The lowest BCUT2D eigenvalue weighted by molar-refractivity contribution is 0.962. The number of fused-ring (bicyclic) bond motifs is 3. The highest BCUT2D eigenvalue weighted by Gasteiger charge is 2.11. The maximum atomic E-state index is 12.7. The maximum absolute atomic E-state index is 12.7. The molecular weight excluding hydrogens is 336 g/mol. The highest BCUT2D eigenvalue weighted by Crippen LogP contribution is 2.23. The average Bonchev–Trinajstić information content (AvgIpc) is 3.13. The number of nitrogens with one attached hydrogen (secondary N) is 1. The van der Waals surface area contributed by atoms with Crippen molar-refractivity contribution in [3.63, 3.8) is 0 Å². The van der Waals surface area contributed by atoms with Gasteiger partial charge in [-0.3, -0.25) is 4.79 Å². The number of rotatable bonds is 2. The van der Waals surface area contributed by atoms with Crippen LogP contribution in [0.3, 0.4) is 0 Å². The second-order valence-electron chi connectivity index (χ2n) is 6.61. The summed E-state index contributed by atoms with van der Waals surface area (Å²) in [6.07, 6.45) is 1.77. The molecule has 0 bridgehead atoms. The normalized spacial score (nSPS) is 11.3. The molecule has 5 heteroatoms. The van der Waals surface area contributed by atoms with Crippen molar-refractivity contribution in [1.29, 1.82) is 0 Å². The van der Waals surface area contributed by atoms with Gasteiger partial charge in [-0.15, -0.1) is 0 Å². The van der Waals surface area contributed by atoms with Crippen LogP contribution in [0.4, 0.5) is 0 Å². The average molecular weight is 352 g/mol. The minimum atomic E-state index is -0.145. The van der Waals surface area contributed by atoms with Crippen molar-refractivity contribution in [3.05, 3.63) is 88.8 Å². The second-order valence-corrected chi connectivity index (χ2v) is 6.61. The fraction of sp³-hybridized carbons (Fsp3) is 0.0455. The van der Waals surface area contributed by atoms with E-state index in [1.165, 1.54) is 5.56 Å². The Morgan fingerprint density at radius 3 is 2.48 bits per heavy atom. The summed E-state index contributed by atoms with van der Waals surface area (Å²) < 4.78 is 1.70. The Balaban J connectivity index is 1.72. The van der Waals surface area contributed by atoms with Gasteiger partial charge in [0.2, 0.25) is 0 Å². The Labute approximate surface area is 154 Å². The van der Waals surface area contributed by atoms with Gasteiger partial charge in [0, 0.05) is 28.8 Å². The van der Waals surface area contributed by atoms with Crippen molar-refractivity contribution in [2.24, 2.45) is 0 Å². The number of pyridine rings is 1. The fourth-order valence-corrected chi connectivity index (χ4v) is 3.27. The molecule has 3 heterocycles. The van der Waals surface area contributed by atoms with Gasteiger partial charge in [0.1, 0.15) is 5.65 Å². The van der Waals surface area contributed by atoms with Crippen molar-refractivity contribution in [2.75, 3.05) is 0 Å². The molecule has 0 saturated heterocycles. The van der Waals surface area contributed by atoms with Gasteiger partial charge in [0.15, 0.2) is 5.65 Å². The third-order valence-electron chi connectivity index (χ3n) is 4.72. The molecule has 5 nitrogen and oxygen atoms in total. The van der Waals surface area contributed by atoms with Crippen LogP contribution in [0.5, 0.6) is 0 Å². The molecule has 3 aromatic heterocycles. The predicted octanol–water partition coefficient (Wildman–Crippen LogP) is 4.21. The van der Waals surface area contributed by atoms with Crippen LogP contribution >= 0.6 is 0 Å². The second kappa shape index (κ2) is 5.92. The molecule has 27 heavy (non-hydrogen) atoms. The summed E-state index contributed by atoms with van der Waals surface area (Å²) in [7, 11) is 0. The number of benzene rings is 2. The van der Waals surface area contributed by atoms with E-state index in [4.69, 9.17) is 0 Å². The van der Waals surface area contributed by atoms with E-state index in [0.717, 1.165) is 22.2 Å². The largest absolute Gasteiger partial charge is 0.306 e. The molecule has 5 rings (SSSR count). The molecule has 0 aliphatic heterocycles. The summed E-state index contributed by atoms with van der Waals surface area (Å²) in [5.74, 6) is 0. The van der Waals surface area contributed by atoms with E-state index in [2.05, 4.69) is 34.1 Å². The van der Waals surface area contributed by atoms with Crippen LogP contribution in [-0.4, -0.2) is 19.6 Å². The van der Waals surface area contributed by atoms with Gasteiger partial charge >= 0.3 is 0 Å². The number of hydrogen-bond donors (Lipinski definition) is 1. The minimum absolute atomic E-state index is 0.145. The molecule has 0 saturated carbocycles. The molecule has 0 atom stereocenters. The Kier molecular flexibility index (Phi) is 3.40. The number of aromatic nitrogens is 4. The van der Waals surface area contributed by atoms with Crippen molar-refractivity contribution in [2.45, 2.75) is 6.92 Å². The zero-order valence-electron chi connectivity index (χ0n) is 14.7. The van der Waals surface area contributed by atoms with Crippen LogP contribution in [0.25, 0.3) is 39.1 Å². The molecule has 0 radical (unpaired) electrons. The van der Waals surface area contributed by atoms with Crippen molar-refractivity contribution >= 4 is 16.7 Å². The smallest absolute Gasteiger partial charge is 0.257 e. The lowest BCUT2D eigenvalue weighted by atomic mass is 10.1. The van der Waals surface area contributed by atoms with Gasteiger partial charge < -0.3 is 4.98 Å². The zero-order chi connectivity index (χ0) is 18.4. The zero-order valence-corrected chi connectivity index (χ0v) is 14.7. The van der Waals surface area contributed by atoms with Gasteiger partial charge in [-0.25, -0.2) is 4.98 Å². The summed E-state index contributed by atoms with van der Waals surface area (Å²) in [4.78, 5) is 20.2. The van der Waals surface area contributed by atoms with Crippen LogP contribution in [0, 0.1) is 6.92 Å². The third kappa shape index (κ3) is 2.60. The highest BCUT2D eigenvalue weighted by molar-refractivity contribution is 5.82. The fourth-order valence-electron chi connectivity index (χ4n) is 3.27. The van der Waals surface area contributed by atoms with E-state index >= 15 is 0 Å². The van der Waals surface area contributed by atoms with E-state index < -0.39 is 0 Å². The van der Waals surface area contributed by atoms with Crippen LogP contribution in [0.2, 0.25) is 0 Å². The molecule has 0 unspecified atom stereocenters. The molecule has 2 aromatic carbocycles. The number of nitrogens with zero attached hydrogens (tertiary/aromatic N) is 3. The first-order valence-electron chi connectivity index (χ1n) is 8.73. The molecule has 130 valence electrons. The van der Waals surface area contributed by atoms with Gasteiger partial charge in [-0.05, 0) is 18.6 Å². The lowest BCUT2D eigenvalue weighted by Gasteiger charge is -2.04. The van der Waals surface area contributed by atoms with Crippen LogP contribution in [0.1, 0.15) is 5.56 Å². The van der Waals surface area contributed by atoms with Crippen LogP contribution in [-0.2, 0) is 0 Å². The molecular formula is C22H16N4O. The van der Waals surface area contributed by atoms with E-state index in [-0.39, 0.29) is 5.56 Å². The molecule has 0 aliphatic carbocycles. The van der Waals surface area contributed by atoms with Gasteiger partial charge in [0.25, 0.3) is 5.56 Å². The van der Waals surface area contributed by atoms with E-state index in [9.17, 15) is 4.79 Å². The van der Waals surface area contributed by atoms with E-state index in [1.807, 2.05) is 54.6 Å². The quantitative estimate of drug-likeness (QED) is 0.517. The Hall–Kier alpha value is -3.73. The summed E-state index contributed by atoms with van der Waals surface area (Å²) in [6.45, 7) is 2.05.